The average molecular weight is 238 g/mol. The lowest BCUT2D eigenvalue weighted by Gasteiger charge is -2.23. The van der Waals surface area contributed by atoms with Crippen molar-refractivity contribution in [2.24, 2.45) is 0 Å². The Balaban J connectivity index is 3.09. The van der Waals surface area contributed by atoms with Gasteiger partial charge >= 0.3 is 0 Å². The first-order valence-corrected chi connectivity index (χ1v) is 6.44. The molecule has 0 aliphatic heterocycles. The Morgan fingerprint density at radius 2 is 1.56 bits per heavy atom. The van der Waals surface area contributed by atoms with Gasteiger partial charge in [-0.2, -0.15) is 0 Å². The molecule has 0 spiro atoms. The Labute approximate surface area is 103 Å². The molecule has 0 aliphatic carbocycles. The van der Waals surface area contributed by atoms with Crippen molar-refractivity contribution in [1.82, 2.24) is 0 Å². The quantitative estimate of drug-likeness (QED) is 0.723. The number of phenols is 1. The van der Waals surface area contributed by atoms with E-state index in [2.05, 4.69) is 47.6 Å². The zero-order chi connectivity index (χ0) is 12.6. The van der Waals surface area contributed by atoms with Gasteiger partial charge in [-0.1, -0.05) is 41.5 Å². The Bertz CT molecular complexity index is 369. The summed E-state index contributed by atoms with van der Waals surface area (Å²) in [5.41, 5.74) is 1.00. The largest absolute Gasteiger partial charge is 0.508 e. The second-order valence-corrected chi connectivity index (χ2v) is 8.04. The zero-order valence-corrected chi connectivity index (χ0v) is 11.9. The summed E-state index contributed by atoms with van der Waals surface area (Å²) < 4.78 is 0.201. The molecule has 0 atom stereocenters. The molecule has 1 aromatic rings. The third-order valence-electron chi connectivity index (χ3n) is 2.20. The van der Waals surface area contributed by atoms with Gasteiger partial charge in [0, 0.05) is 15.2 Å². The van der Waals surface area contributed by atoms with Gasteiger partial charge in [-0.25, -0.2) is 0 Å². The maximum atomic E-state index is 9.86. The highest BCUT2D eigenvalue weighted by Crippen LogP contribution is 2.37. The van der Waals surface area contributed by atoms with Crippen LogP contribution in [0.15, 0.2) is 23.1 Å². The molecule has 0 unspecified atom stereocenters. The van der Waals surface area contributed by atoms with Gasteiger partial charge in [0.1, 0.15) is 5.75 Å². The molecule has 0 saturated heterocycles. The molecular weight excluding hydrogens is 216 g/mol. The molecule has 0 aromatic heterocycles. The monoisotopic (exact) mass is 238 g/mol. The summed E-state index contributed by atoms with van der Waals surface area (Å²) in [6.07, 6.45) is 0. The van der Waals surface area contributed by atoms with Gasteiger partial charge in [-0.3, -0.25) is 0 Å². The van der Waals surface area contributed by atoms with Crippen LogP contribution >= 0.6 is 11.8 Å². The van der Waals surface area contributed by atoms with Crippen LogP contribution in [0.25, 0.3) is 0 Å². The predicted octanol–water partition coefficient (Wildman–Crippen LogP) is 4.58. The van der Waals surface area contributed by atoms with Gasteiger partial charge in [0.15, 0.2) is 0 Å². The van der Waals surface area contributed by atoms with Crippen LogP contribution in [0, 0.1) is 0 Å². The van der Waals surface area contributed by atoms with Crippen molar-refractivity contribution in [2.75, 3.05) is 0 Å². The van der Waals surface area contributed by atoms with Crippen molar-refractivity contribution in [2.45, 2.75) is 56.6 Å². The number of hydrogen-bond donors (Lipinski definition) is 1. The fourth-order valence-corrected chi connectivity index (χ4v) is 2.55. The molecule has 0 aliphatic rings. The van der Waals surface area contributed by atoms with Crippen molar-refractivity contribution in [3.63, 3.8) is 0 Å². The molecule has 2 heteroatoms. The van der Waals surface area contributed by atoms with Gasteiger partial charge < -0.3 is 5.11 Å². The topological polar surface area (TPSA) is 20.2 Å². The van der Waals surface area contributed by atoms with E-state index in [0.717, 1.165) is 5.56 Å². The van der Waals surface area contributed by atoms with E-state index in [0.29, 0.717) is 5.75 Å². The average Bonchev–Trinajstić information content (AvgIpc) is 2.04. The lowest BCUT2D eigenvalue weighted by Crippen LogP contribution is -2.12. The minimum Gasteiger partial charge on any atom is -0.508 e. The van der Waals surface area contributed by atoms with E-state index in [-0.39, 0.29) is 10.2 Å². The fourth-order valence-electron chi connectivity index (χ4n) is 1.53. The third-order valence-corrected chi connectivity index (χ3v) is 3.30. The summed E-state index contributed by atoms with van der Waals surface area (Å²) in [5, 5.41) is 9.86. The lowest BCUT2D eigenvalue weighted by molar-refractivity contribution is 0.446. The van der Waals surface area contributed by atoms with E-state index in [1.54, 1.807) is 6.07 Å². The maximum Gasteiger partial charge on any atom is 0.119 e. The number of thioether (sulfide) groups is 1. The van der Waals surface area contributed by atoms with E-state index >= 15 is 0 Å². The van der Waals surface area contributed by atoms with Crippen LogP contribution in [0.3, 0.4) is 0 Å². The maximum absolute atomic E-state index is 9.86. The number of hydrogen-bond acceptors (Lipinski definition) is 2. The van der Waals surface area contributed by atoms with Crippen LogP contribution in [0.1, 0.15) is 47.1 Å². The standard InChI is InChI=1S/C14H22OS/c1-13(2,3)11-9-10(7-8-12(11)15)16-14(4,5)6/h7-9,15H,1-6H3. The number of rotatable bonds is 1. The number of benzene rings is 1. The molecule has 0 amide bonds. The smallest absolute Gasteiger partial charge is 0.119 e. The predicted molar refractivity (Wildman–Crippen MR) is 72.4 cm³/mol. The highest BCUT2D eigenvalue weighted by Gasteiger charge is 2.20. The zero-order valence-electron chi connectivity index (χ0n) is 11.1. The molecule has 16 heavy (non-hydrogen) atoms. The van der Waals surface area contributed by atoms with E-state index in [4.69, 9.17) is 0 Å². The SMILES string of the molecule is CC(C)(C)Sc1ccc(O)c(C(C)(C)C)c1. The molecule has 1 rings (SSSR count). The van der Waals surface area contributed by atoms with Crippen LogP contribution in [0.5, 0.6) is 5.75 Å². The normalized spacial score (nSPS) is 12.9. The van der Waals surface area contributed by atoms with E-state index in [1.807, 2.05) is 17.8 Å². The first-order valence-electron chi connectivity index (χ1n) is 5.62. The summed E-state index contributed by atoms with van der Waals surface area (Å²) in [6, 6.07) is 5.89. The molecule has 1 N–H and O–H groups in total. The Morgan fingerprint density at radius 1 is 1.00 bits per heavy atom. The van der Waals surface area contributed by atoms with Crippen molar-refractivity contribution in [3.8, 4) is 5.75 Å². The minimum absolute atomic E-state index is 0.0153. The van der Waals surface area contributed by atoms with Crippen LogP contribution in [0.4, 0.5) is 0 Å². The highest BCUT2D eigenvalue weighted by molar-refractivity contribution is 8.00. The van der Waals surface area contributed by atoms with Gasteiger partial charge in [0.25, 0.3) is 0 Å². The van der Waals surface area contributed by atoms with Crippen molar-refractivity contribution in [1.29, 1.82) is 0 Å². The molecule has 1 aromatic carbocycles. The summed E-state index contributed by atoms with van der Waals surface area (Å²) >= 11 is 1.83. The molecule has 1 nitrogen and oxygen atoms in total. The van der Waals surface area contributed by atoms with Crippen LogP contribution in [-0.4, -0.2) is 9.85 Å². The second kappa shape index (κ2) is 4.33. The minimum atomic E-state index is -0.0153. The van der Waals surface area contributed by atoms with Crippen molar-refractivity contribution in [3.05, 3.63) is 23.8 Å². The van der Waals surface area contributed by atoms with Crippen molar-refractivity contribution >= 4 is 11.8 Å². The number of phenolic OH excluding ortho intramolecular Hbond substituents is 1. The molecule has 90 valence electrons. The Hall–Kier alpha value is -0.630. The molecule has 0 radical (unpaired) electrons. The van der Waals surface area contributed by atoms with Crippen LogP contribution in [-0.2, 0) is 5.41 Å². The second-order valence-electron chi connectivity index (χ2n) is 6.14. The Kier molecular flexibility index (Phi) is 3.63. The van der Waals surface area contributed by atoms with Gasteiger partial charge in [-0.15, -0.1) is 11.8 Å². The summed E-state index contributed by atoms with van der Waals surface area (Å²) in [6.45, 7) is 12.9. The van der Waals surface area contributed by atoms with Crippen LogP contribution in [0.2, 0.25) is 0 Å². The summed E-state index contributed by atoms with van der Waals surface area (Å²) in [7, 11) is 0. The summed E-state index contributed by atoms with van der Waals surface area (Å²) in [4.78, 5) is 1.22. The molecule has 0 heterocycles. The third kappa shape index (κ3) is 3.75. The van der Waals surface area contributed by atoms with E-state index in [1.165, 1.54) is 4.90 Å². The number of aromatic hydroxyl groups is 1. The molecular formula is C14H22OS. The van der Waals surface area contributed by atoms with Gasteiger partial charge in [-0.05, 0) is 23.6 Å². The van der Waals surface area contributed by atoms with E-state index < -0.39 is 0 Å². The molecule has 0 fully saturated rings. The molecule has 0 saturated carbocycles. The summed E-state index contributed by atoms with van der Waals surface area (Å²) in [5.74, 6) is 0.394. The lowest BCUT2D eigenvalue weighted by atomic mass is 9.86. The van der Waals surface area contributed by atoms with Gasteiger partial charge in [0.05, 0.1) is 0 Å². The van der Waals surface area contributed by atoms with Gasteiger partial charge in [0.2, 0.25) is 0 Å². The first kappa shape index (κ1) is 13.4. The Morgan fingerprint density at radius 3 is 2.00 bits per heavy atom. The van der Waals surface area contributed by atoms with Crippen molar-refractivity contribution < 1.29 is 5.11 Å². The first-order chi connectivity index (χ1) is 7.09. The van der Waals surface area contributed by atoms with E-state index in [9.17, 15) is 5.11 Å². The van der Waals surface area contributed by atoms with Crippen LogP contribution < -0.4 is 0 Å². The highest BCUT2D eigenvalue weighted by atomic mass is 32.2. The molecule has 0 bridgehead atoms. The fraction of sp³-hybridized carbons (Fsp3) is 0.571.